The highest BCUT2D eigenvalue weighted by Crippen LogP contribution is 2.37. The summed E-state index contributed by atoms with van der Waals surface area (Å²) in [4.78, 5) is 29.9. The van der Waals surface area contributed by atoms with E-state index in [-0.39, 0.29) is 29.1 Å². The van der Waals surface area contributed by atoms with Crippen LogP contribution in [0.25, 0.3) is 0 Å². The van der Waals surface area contributed by atoms with Crippen LogP contribution in [0, 0.1) is 0 Å². The summed E-state index contributed by atoms with van der Waals surface area (Å²) in [5, 5.41) is 2.47. The molecule has 0 spiro atoms. The molecule has 6 nitrogen and oxygen atoms in total. The van der Waals surface area contributed by atoms with Crippen molar-refractivity contribution >= 4 is 18.8 Å². The minimum atomic E-state index is -4.41. The van der Waals surface area contributed by atoms with Crippen molar-refractivity contribution in [2.45, 2.75) is 26.3 Å². The number of hydrogen-bond donors (Lipinski definition) is 3. The molecule has 1 rings (SSSR count). The van der Waals surface area contributed by atoms with Gasteiger partial charge in [-0.15, -0.1) is 0 Å². The van der Waals surface area contributed by atoms with Crippen LogP contribution >= 0.6 is 7.60 Å². The molecule has 106 valence electrons. The highest BCUT2D eigenvalue weighted by Gasteiger charge is 2.22. The number of amides is 1. The SMILES string of the molecule is CC(C)(C)NC(=O)COc1ccccc1P(=O)(O)O. The second-order valence-corrected chi connectivity index (χ2v) is 6.67. The lowest BCUT2D eigenvalue weighted by molar-refractivity contribution is -0.124. The van der Waals surface area contributed by atoms with Crippen LogP contribution < -0.4 is 15.4 Å². The van der Waals surface area contributed by atoms with E-state index in [2.05, 4.69) is 5.32 Å². The topological polar surface area (TPSA) is 95.9 Å². The molecule has 3 N–H and O–H groups in total. The number of carbonyl (C=O) groups is 1. The largest absolute Gasteiger partial charge is 0.483 e. The van der Waals surface area contributed by atoms with Gasteiger partial charge in [0, 0.05) is 5.54 Å². The molecule has 0 atom stereocenters. The van der Waals surface area contributed by atoms with E-state index in [0.717, 1.165) is 0 Å². The molecule has 0 heterocycles. The monoisotopic (exact) mass is 287 g/mol. The van der Waals surface area contributed by atoms with Crippen LogP contribution in [0.3, 0.4) is 0 Å². The van der Waals surface area contributed by atoms with Crippen molar-refractivity contribution in [3.63, 3.8) is 0 Å². The van der Waals surface area contributed by atoms with Crippen molar-refractivity contribution in [2.75, 3.05) is 6.61 Å². The second kappa shape index (κ2) is 5.74. The fraction of sp³-hybridized carbons (Fsp3) is 0.417. The van der Waals surface area contributed by atoms with Gasteiger partial charge in [0.05, 0.1) is 0 Å². The Bertz CT molecular complexity index is 503. The highest BCUT2D eigenvalue weighted by atomic mass is 31.2. The average Bonchev–Trinajstić information content (AvgIpc) is 2.23. The first-order chi connectivity index (χ1) is 8.59. The van der Waals surface area contributed by atoms with Crippen LogP contribution in [-0.4, -0.2) is 27.8 Å². The smallest absolute Gasteiger partial charge is 0.359 e. The zero-order chi connectivity index (χ0) is 14.7. The summed E-state index contributed by atoms with van der Waals surface area (Å²) in [6.07, 6.45) is 0. The Hall–Kier alpha value is -1.36. The van der Waals surface area contributed by atoms with E-state index >= 15 is 0 Å². The third-order valence-corrected chi connectivity index (χ3v) is 3.05. The zero-order valence-corrected chi connectivity index (χ0v) is 12.0. The number of benzene rings is 1. The van der Waals surface area contributed by atoms with Crippen LogP contribution in [0.15, 0.2) is 24.3 Å². The molecule has 0 radical (unpaired) electrons. The summed E-state index contributed by atoms with van der Waals surface area (Å²) in [6, 6.07) is 5.77. The van der Waals surface area contributed by atoms with Crippen LogP contribution in [-0.2, 0) is 9.36 Å². The van der Waals surface area contributed by atoms with Crippen LogP contribution in [0.4, 0.5) is 0 Å². The van der Waals surface area contributed by atoms with E-state index in [1.807, 2.05) is 20.8 Å². The standard InChI is InChI=1S/C12H18NO5P/c1-12(2,3)13-11(14)8-18-9-6-4-5-7-10(9)19(15,16)17/h4-7H,8H2,1-3H3,(H,13,14)(H2,15,16,17). The van der Waals surface area contributed by atoms with Gasteiger partial charge in [-0.2, -0.15) is 0 Å². The number of hydrogen-bond acceptors (Lipinski definition) is 3. The predicted octanol–water partition coefficient (Wildman–Crippen LogP) is 0.783. The molecule has 0 bridgehead atoms. The number of para-hydroxylation sites is 1. The van der Waals surface area contributed by atoms with Crippen molar-refractivity contribution in [1.82, 2.24) is 5.32 Å². The van der Waals surface area contributed by atoms with Gasteiger partial charge in [-0.05, 0) is 32.9 Å². The van der Waals surface area contributed by atoms with Crippen molar-refractivity contribution in [2.24, 2.45) is 0 Å². The minimum Gasteiger partial charge on any atom is -0.483 e. The molecule has 1 aromatic rings. The molecule has 0 saturated carbocycles. The lowest BCUT2D eigenvalue weighted by Crippen LogP contribution is -2.43. The highest BCUT2D eigenvalue weighted by molar-refractivity contribution is 7.60. The molecular formula is C12H18NO5P. The van der Waals surface area contributed by atoms with Gasteiger partial charge in [-0.3, -0.25) is 9.36 Å². The quantitative estimate of drug-likeness (QED) is 0.711. The Morgan fingerprint density at radius 2 is 1.89 bits per heavy atom. The molecule has 0 unspecified atom stereocenters. The van der Waals surface area contributed by atoms with Crippen LogP contribution in [0.5, 0.6) is 5.75 Å². The molecule has 1 aromatic carbocycles. The molecule has 0 aliphatic heterocycles. The molecule has 0 aromatic heterocycles. The predicted molar refractivity (Wildman–Crippen MR) is 71.5 cm³/mol. The Balaban J connectivity index is 2.74. The summed E-state index contributed by atoms with van der Waals surface area (Å²) < 4.78 is 16.4. The van der Waals surface area contributed by atoms with Gasteiger partial charge in [0.1, 0.15) is 11.1 Å². The molecule has 0 fully saturated rings. The molecular weight excluding hydrogens is 269 g/mol. The van der Waals surface area contributed by atoms with E-state index in [1.165, 1.54) is 18.2 Å². The summed E-state index contributed by atoms with van der Waals surface area (Å²) in [6.45, 7) is 5.19. The Morgan fingerprint density at radius 1 is 1.32 bits per heavy atom. The Morgan fingerprint density at radius 3 is 2.42 bits per heavy atom. The van der Waals surface area contributed by atoms with Gasteiger partial charge in [0.15, 0.2) is 6.61 Å². The third kappa shape index (κ3) is 5.42. The Kier molecular flexibility index (Phi) is 4.74. The third-order valence-electron chi connectivity index (χ3n) is 2.05. The van der Waals surface area contributed by atoms with Crippen molar-refractivity contribution in [1.29, 1.82) is 0 Å². The van der Waals surface area contributed by atoms with E-state index < -0.39 is 7.60 Å². The molecule has 7 heteroatoms. The summed E-state index contributed by atoms with van der Waals surface area (Å²) >= 11 is 0. The van der Waals surface area contributed by atoms with Gasteiger partial charge >= 0.3 is 7.60 Å². The summed E-state index contributed by atoms with van der Waals surface area (Å²) in [5.41, 5.74) is -0.386. The molecule has 0 aliphatic rings. The van der Waals surface area contributed by atoms with Gasteiger partial charge in [0.25, 0.3) is 5.91 Å². The van der Waals surface area contributed by atoms with E-state index in [1.54, 1.807) is 6.07 Å². The number of rotatable bonds is 4. The minimum absolute atomic E-state index is 0.0138. The zero-order valence-electron chi connectivity index (χ0n) is 11.1. The fourth-order valence-corrected chi connectivity index (χ4v) is 2.12. The van der Waals surface area contributed by atoms with Gasteiger partial charge in [-0.1, -0.05) is 12.1 Å². The first kappa shape index (κ1) is 15.7. The Labute approximate surface area is 111 Å². The summed E-state index contributed by atoms with van der Waals surface area (Å²) in [5.74, 6) is -0.340. The lowest BCUT2D eigenvalue weighted by Gasteiger charge is -2.20. The van der Waals surface area contributed by atoms with E-state index in [0.29, 0.717) is 0 Å². The van der Waals surface area contributed by atoms with E-state index in [9.17, 15) is 9.36 Å². The van der Waals surface area contributed by atoms with Crippen molar-refractivity contribution in [3.05, 3.63) is 24.3 Å². The first-order valence-corrected chi connectivity index (χ1v) is 7.30. The molecule has 0 aliphatic carbocycles. The summed E-state index contributed by atoms with van der Waals surface area (Å²) in [7, 11) is -4.41. The van der Waals surface area contributed by atoms with Crippen molar-refractivity contribution in [3.8, 4) is 5.75 Å². The van der Waals surface area contributed by atoms with Gasteiger partial charge < -0.3 is 19.8 Å². The molecule has 1 amide bonds. The van der Waals surface area contributed by atoms with E-state index in [4.69, 9.17) is 14.5 Å². The number of ether oxygens (including phenoxy) is 1. The van der Waals surface area contributed by atoms with Gasteiger partial charge in [0.2, 0.25) is 0 Å². The fourth-order valence-electron chi connectivity index (χ4n) is 1.42. The molecule has 19 heavy (non-hydrogen) atoms. The average molecular weight is 287 g/mol. The second-order valence-electron chi connectivity index (χ2n) is 5.10. The normalized spacial score (nSPS) is 12.1. The first-order valence-electron chi connectivity index (χ1n) is 5.68. The van der Waals surface area contributed by atoms with Crippen LogP contribution in [0.1, 0.15) is 20.8 Å². The number of nitrogens with one attached hydrogen (secondary N) is 1. The maximum absolute atomic E-state index is 11.6. The number of carbonyl (C=O) groups excluding carboxylic acids is 1. The van der Waals surface area contributed by atoms with Gasteiger partial charge in [-0.25, -0.2) is 0 Å². The lowest BCUT2D eigenvalue weighted by atomic mass is 10.1. The maximum Gasteiger partial charge on any atom is 0.359 e. The maximum atomic E-state index is 11.6. The van der Waals surface area contributed by atoms with Crippen molar-refractivity contribution < 1.29 is 23.9 Å². The molecule has 0 saturated heterocycles. The van der Waals surface area contributed by atoms with Crippen LogP contribution in [0.2, 0.25) is 0 Å².